The van der Waals surface area contributed by atoms with Gasteiger partial charge in [-0.1, -0.05) is 18.6 Å². The highest BCUT2D eigenvalue weighted by Crippen LogP contribution is 2.06. The van der Waals surface area contributed by atoms with Crippen molar-refractivity contribution in [3.63, 3.8) is 0 Å². The third kappa shape index (κ3) is 2.76. The van der Waals surface area contributed by atoms with Crippen LogP contribution in [-0.2, 0) is 4.79 Å². The predicted octanol–water partition coefficient (Wildman–Crippen LogP) is 1.57. The molecule has 3 heteroatoms. The minimum absolute atomic E-state index is 0.186. The van der Waals surface area contributed by atoms with Crippen molar-refractivity contribution in [2.24, 2.45) is 0 Å². The summed E-state index contributed by atoms with van der Waals surface area (Å²) < 4.78 is 0. The summed E-state index contributed by atoms with van der Waals surface area (Å²) in [6.07, 6.45) is 1.48. The average molecular weight is 170 g/mol. The maximum absolute atomic E-state index is 10.5. The first kappa shape index (κ1) is 8.96. The molecule has 0 unspecified atom stereocenters. The zero-order chi connectivity index (χ0) is 9.68. The van der Waals surface area contributed by atoms with Gasteiger partial charge in [-0.3, -0.25) is 4.79 Å². The Balaban J connectivity index is 2.90. The fourth-order valence-corrected chi connectivity index (χ4v) is 0.686. The Bertz CT molecular complexity index is 415. The Hall–Kier alpha value is -2.13. The molecule has 3 nitrogen and oxygen atoms in total. The predicted molar refractivity (Wildman–Crippen MR) is 48.1 cm³/mol. The van der Waals surface area contributed by atoms with Crippen LogP contribution in [0.5, 0.6) is 0 Å². The Kier molecular flexibility index (Phi) is 2.78. The summed E-state index contributed by atoms with van der Waals surface area (Å²) in [5.74, 6) is 5.16. The lowest BCUT2D eigenvalue weighted by Gasteiger charge is -1.86. The van der Waals surface area contributed by atoms with Crippen LogP contribution < -0.4 is 0 Å². The van der Waals surface area contributed by atoms with Gasteiger partial charge in [0.1, 0.15) is 6.20 Å². The van der Waals surface area contributed by atoms with Crippen LogP contribution in [0.3, 0.4) is 0 Å². The van der Waals surface area contributed by atoms with Crippen LogP contribution in [0.2, 0.25) is 0 Å². The number of hydrogen-bond acceptors (Lipinski definition) is 2. The van der Waals surface area contributed by atoms with Gasteiger partial charge in [0.2, 0.25) is 5.78 Å². The Morgan fingerprint density at radius 3 is 2.85 bits per heavy atom. The van der Waals surface area contributed by atoms with Crippen molar-refractivity contribution < 1.29 is 4.79 Å². The van der Waals surface area contributed by atoms with Crippen molar-refractivity contribution >= 4 is 11.6 Å². The minimum Gasteiger partial charge on any atom is -0.361 e. The molecule has 62 valence electrons. The molecule has 13 heavy (non-hydrogen) atoms. The van der Waals surface area contributed by atoms with Crippen molar-refractivity contribution in [3.8, 4) is 11.8 Å². The van der Waals surface area contributed by atoms with Crippen LogP contribution in [0.15, 0.2) is 18.3 Å². The Labute approximate surface area is 76.2 Å². The molecular weight excluding hydrogens is 164 g/mol. The lowest BCUT2D eigenvalue weighted by atomic mass is 10.3. The van der Waals surface area contributed by atoms with E-state index in [9.17, 15) is 4.79 Å². The highest BCUT2D eigenvalue weighted by Gasteiger charge is 1.92. The molecule has 0 N–H and O–H groups in total. The standard InChI is InChI=1S/C10H6N2O/c1-8(13)3-4-9-5-6-10(11-2)12-7-9/h5-7H,1H3. The molecule has 0 aliphatic heterocycles. The third-order valence-electron chi connectivity index (χ3n) is 1.25. The number of ketones is 1. The molecule has 0 amide bonds. The molecule has 0 fully saturated rings. The Morgan fingerprint density at radius 1 is 1.62 bits per heavy atom. The van der Waals surface area contributed by atoms with Crippen LogP contribution in [0.25, 0.3) is 4.85 Å². The molecule has 0 atom stereocenters. The number of Topliss-reactive ketones (excluding diaryl/α,β-unsaturated/α-hetero) is 1. The summed E-state index contributed by atoms with van der Waals surface area (Å²) >= 11 is 0. The second kappa shape index (κ2) is 4.04. The molecule has 0 saturated heterocycles. The number of nitrogens with zero attached hydrogens (tertiary/aromatic N) is 2. The van der Waals surface area contributed by atoms with Gasteiger partial charge in [-0.2, -0.15) is 0 Å². The van der Waals surface area contributed by atoms with Crippen LogP contribution in [0.1, 0.15) is 12.5 Å². The van der Waals surface area contributed by atoms with Crippen LogP contribution in [-0.4, -0.2) is 10.8 Å². The molecule has 0 radical (unpaired) electrons. The van der Waals surface area contributed by atoms with Gasteiger partial charge >= 0.3 is 0 Å². The quantitative estimate of drug-likeness (QED) is 0.437. The lowest BCUT2D eigenvalue weighted by Crippen LogP contribution is -1.82. The van der Waals surface area contributed by atoms with Gasteiger partial charge in [-0.25, -0.2) is 0 Å². The molecule has 0 bridgehead atoms. The van der Waals surface area contributed by atoms with E-state index in [4.69, 9.17) is 6.57 Å². The van der Waals surface area contributed by atoms with Crippen molar-refractivity contribution in [2.75, 3.05) is 0 Å². The largest absolute Gasteiger partial charge is 0.361 e. The van der Waals surface area contributed by atoms with Gasteiger partial charge in [0.05, 0.1) is 5.56 Å². The minimum atomic E-state index is -0.186. The number of carbonyl (C=O) groups is 1. The number of aromatic nitrogens is 1. The number of rotatable bonds is 0. The normalized spacial score (nSPS) is 8.00. The monoisotopic (exact) mass is 170 g/mol. The van der Waals surface area contributed by atoms with E-state index in [1.54, 1.807) is 12.1 Å². The molecule has 1 aromatic heterocycles. The zero-order valence-corrected chi connectivity index (χ0v) is 7.03. The van der Waals surface area contributed by atoms with E-state index in [0.29, 0.717) is 11.4 Å². The fraction of sp³-hybridized carbons (Fsp3) is 0.100. The first-order chi connectivity index (χ1) is 6.22. The third-order valence-corrected chi connectivity index (χ3v) is 1.25. The fourth-order valence-electron chi connectivity index (χ4n) is 0.686. The summed E-state index contributed by atoms with van der Waals surface area (Å²) in [5, 5.41) is 0. The van der Waals surface area contributed by atoms with Gasteiger partial charge in [0.15, 0.2) is 0 Å². The molecule has 1 rings (SSSR count). The van der Waals surface area contributed by atoms with Crippen LogP contribution >= 0.6 is 0 Å². The molecule has 1 heterocycles. The molecule has 0 saturated carbocycles. The van der Waals surface area contributed by atoms with Crippen molar-refractivity contribution in [1.29, 1.82) is 0 Å². The van der Waals surface area contributed by atoms with Crippen molar-refractivity contribution in [1.82, 2.24) is 4.98 Å². The summed E-state index contributed by atoms with van der Waals surface area (Å²) in [6.45, 7) is 8.05. The summed E-state index contributed by atoms with van der Waals surface area (Å²) in [7, 11) is 0. The molecule has 1 aromatic rings. The number of carbonyl (C=O) groups excluding carboxylic acids is 1. The highest BCUT2D eigenvalue weighted by atomic mass is 16.1. The van der Waals surface area contributed by atoms with E-state index in [0.717, 1.165) is 0 Å². The average Bonchev–Trinajstić information content (AvgIpc) is 2.15. The highest BCUT2D eigenvalue weighted by molar-refractivity contribution is 5.93. The molecule has 0 aliphatic rings. The molecule has 0 spiro atoms. The summed E-state index contributed by atoms with van der Waals surface area (Å²) in [5.41, 5.74) is 0.641. The first-order valence-electron chi connectivity index (χ1n) is 3.58. The summed E-state index contributed by atoms with van der Waals surface area (Å²) in [6, 6.07) is 3.23. The SMILES string of the molecule is [C-]#[N+]c1ccc(C#CC(C)=O)cn1. The van der Waals surface area contributed by atoms with E-state index >= 15 is 0 Å². The number of pyridine rings is 1. The van der Waals surface area contributed by atoms with E-state index in [2.05, 4.69) is 21.7 Å². The number of hydrogen-bond donors (Lipinski definition) is 0. The van der Waals surface area contributed by atoms with E-state index in [1.165, 1.54) is 13.1 Å². The Morgan fingerprint density at radius 2 is 2.38 bits per heavy atom. The maximum Gasteiger partial charge on any atom is 0.269 e. The van der Waals surface area contributed by atoms with E-state index in [-0.39, 0.29) is 5.78 Å². The first-order valence-corrected chi connectivity index (χ1v) is 3.58. The van der Waals surface area contributed by atoms with Gasteiger partial charge < -0.3 is 4.85 Å². The van der Waals surface area contributed by atoms with Gasteiger partial charge in [-0.15, -0.1) is 4.98 Å². The zero-order valence-electron chi connectivity index (χ0n) is 7.03. The smallest absolute Gasteiger partial charge is 0.269 e. The lowest BCUT2D eigenvalue weighted by molar-refractivity contribution is -0.111. The maximum atomic E-state index is 10.5. The van der Waals surface area contributed by atoms with Gasteiger partial charge in [0, 0.05) is 6.92 Å². The van der Waals surface area contributed by atoms with Gasteiger partial charge in [-0.05, 0) is 12.0 Å². The van der Waals surface area contributed by atoms with E-state index < -0.39 is 0 Å². The molecule has 0 aliphatic carbocycles. The van der Waals surface area contributed by atoms with Crippen LogP contribution in [0.4, 0.5) is 5.82 Å². The van der Waals surface area contributed by atoms with Crippen LogP contribution in [0, 0.1) is 18.4 Å². The second-order valence-corrected chi connectivity index (χ2v) is 2.32. The molecule has 0 aromatic carbocycles. The van der Waals surface area contributed by atoms with E-state index in [1.807, 2.05) is 0 Å². The van der Waals surface area contributed by atoms with Gasteiger partial charge in [0.25, 0.3) is 5.82 Å². The second-order valence-electron chi connectivity index (χ2n) is 2.32. The summed E-state index contributed by atoms with van der Waals surface area (Å²) in [4.78, 5) is 17.4. The topological polar surface area (TPSA) is 34.3 Å². The van der Waals surface area contributed by atoms with Crippen molar-refractivity contribution in [3.05, 3.63) is 35.3 Å². The van der Waals surface area contributed by atoms with Crippen molar-refractivity contribution in [2.45, 2.75) is 6.92 Å². The molecular formula is C10H6N2O.